The Morgan fingerprint density at radius 3 is 2.30 bits per heavy atom. The molecule has 1 amide bonds. The summed E-state index contributed by atoms with van der Waals surface area (Å²) in [6.45, 7) is 7.34. The van der Waals surface area contributed by atoms with Crippen molar-refractivity contribution in [3.63, 3.8) is 0 Å². The van der Waals surface area contributed by atoms with Crippen LogP contribution in [0.4, 0.5) is 5.69 Å². The molecule has 3 rings (SSSR count). The Morgan fingerprint density at radius 1 is 0.957 bits per heavy atom. The van der Waals surface area contributed by atoms with Crippen LogP contribution in [0.15, 0.2) is 46.9 Å². The lowest BCUT2D eigenvalue weighted by Gasteiger charge is -2.36. The molecule has 120 valence electrons. The van der Waals surface area contributed by atoms with Gasteiger partial charge in [-0.15, -0.1) is 0 Å². The molecular weight excluding hydrogens is 352 g/mol. The monoisotopic (exact) mass is 372 g/mol. The van der Waals surface area contributed by atoms with Gasteiger partial charge in [-0.05, 0) is 59.6 Å². The molecule has 1 heterocycles. The van der Waals surface area contributed by atoms with Crippen LogP contribution in [0.2, 0.25) is 0 Å². The van der Waals surface area contributed by atoms with E-state index in [2.05, 4.69) is 46.0 Å². The van der Waals surface area contributed by atoms with Crippen molar-refractivity contribution in [2.24, 2.45) is 0 Å². The minimum absolute atomic E-state index is 0.135. The molecule has 2 aromatic carbocycles. The number of piperazine rings is 1. The Bertz CT molecular complexity index is 721. The predicted molar refractivity (Wildman–Crippen MR) is 98.2 cm³/mol. The summed E-state index contributed by atoms with van der Waals surface area (Å²) in [6, 6.07) is 14.2. The zero-order chi connectivity index (χ0) is 16.4. The number of anilines is 1. The van der Waals surface area contributed by atoms with Crippen molar-refractivity contribution in [3.8, 4) is 0 Å². The van der Waals surface area contributed by atoms with Gasteiger partial charge in [0.25, 0.3) is 5.91 Å². The van der Waals surface area contributed by atoms with E-state index in [9.17, 15) is 4.79 Å². The standard InChI is InChI=1S/C19H21BrN2O/c1-14-4-3-5-16(12-14)19(23)22-10-8-21(9-11-22)18-7-6-15(2)13-17(18)20/h3-7,12-13H,8-11H2,1-2H3. The molecule has 0 aliphatic carbocycles. The Balaban J connectivity index is 1.67. The highest BCUT2D eigenvalue weighted by atomic mass is 79.9. The summed E-state index contributed by atoms with van der Waals surface area (Å²) in [7, 11) is 0. The zero-order valence-corrected chi connectivity index (χ0v) is 15.1. The maximum Gasteiger partial charge on any atom is 0.253 e. The van der Waals surface area contributed by atoms with Gasteiger partial charge in [0.2, 0.25) is 0 Å². The van der Waals surface area contributed by atoms with E-state index in [0.717, 1.165) is 41.8 Å². The van der Waals surface area contributed by atoms with Crippen LogP contribution in [0.3, 0.4) is 0 Å². The number of carbonyl (C=O) groups is 1. The molecule has 2 aromatic rings. The molecule has 0 bridgehead atoms. The van der Waals surface area contributed by atoms with Crippen LogP contribution >= 0.6 is 15.9 Å². The average Bonchev–Trinajstić information content (AvgIpc) is 2.54. The van der Waals surface area contributed by atoms with E-state index in [4.69, 9.17) is 0 Å². The topological polar surface area (TPSA) is 23.6 Å². The first-order valence-electron chi connectivity index (χ1n) is 7.91. The van der Waals surface area contributed by atoms with Crippen LogP contribution in [-0.2, 0) is 0 Å². The number of amides is 1. The molecule has 1 aliphatic rings. The SMILES string of the molecule is Cc1cccc(C(=O)N2CCN(c3ccc(C)cc3Br)CC2)c1. The molecule has 0 spiro atoms. The van der Waals surface area contributed by atoms with E-state index >= 15 is 0 Å². The van der Waals surface area contributed by atoms with E-state index in [1.165, 1.54) is 11.3 Å². The molecular formula is C19H21BrN2O. The van der Waals surface area contributed by atoms with Crippen LogP contribution in [-0.4, -0.2) is 37.0 Å². The molecule has 3 nitrogen and oxygen atoms in total. The molecule has 1 fully saturated rings. The first-order valence-corrected chi connectivity index (χ1v) is 8.71. The highest BCUT2D eigenvalue weighted by Gasteiger charge is 2.23. The molecule has 0 atom stereocenters. The number of hydrogen-bond acceptors (Lipinski definition) is 2. The summed E-state index contributed by atoms with van der Waals surface area (Å²) in [6.07, 6.45) is 0. The first-order chi connectivity index (χ1) is 11.0. The summed E-state index contributed by atoms with van der Waals surface area (Å²) >= 11 is 3.65. The minimum Gasteiger partial charge on any atom is -0.367 e. The lowest BCUT2D eigenvalue weighted by atomic mass is 10.1. The van der Waals surface area contributed by atoms with Crippen LogP contribution < -0.4 is 4.90 Å². The third-order valence-electron chi connectivity index (χ3n) is 4.28. The van der Waals surface area contributed by atoms with E-state index in [0.29, 0.717) is 0 Å². The molecule has 0 saturated carbocycles. The second-order valence-corrected chi connectivity index (χ2v) is 6.96. The summed E-state index contributed by atoms with van der Waals surface area (Å²) in [5.41, 5.74) is 4.36. The van der Waals surface area contributed by atoms with Gasteiger partial charge in [-0.1, -0.05) is 23.8 Å². The number of rotatable bonds is 2. The predicted octanol–water partition coefficient (Wildman–Crippen LogP) is 4.03. The summed E-state index contributed by atoms with van der Waals surface area (Å²) in [4.78, 5) is 16.9. The Morgan fingerprint density at radius 2 is 1.65 bits per heavy atom. The van der Waals surface area contributed by atoms with Gasteiger partial charge in [0.15, 0.2) is 0 Å². The number of halogens is 1. The third-order valence-corrected chi connectivity index (χ3v) is 4.91. The van der Waals surface area contributed by atoms with E-state index in [1.54, 1.807) is 0 Å². The number of nitrogens with zero attached hydrogens (tertiary/aromatic N) is 2. The van der Waals surface area contributed by atoms with Crippen LogP contribution in [0, 0.1) is 13.8 Å². The molecule has 23 heavy (non-hydrogen) atoms. The third kappa shape index (κ3) is 3.58. The van der Waals surface area contributed by atoms with Crippen LogP contribution in [0.1, 0.15) is 21.5 Å². The molecule has 0 unspecified atom stereocenters. The largest absolute Gasteiger partial charge is 0.367 e. The van der Waals surface area contributed by atoms with E-state index in [1.807, 2.05) is 36.1 Å². The zero-order valence-electron chi connectivity index (χ0n) is 13.6. The van der Waals surface area contributed by atoms with Crippen molar-refractivity contribution in [3.05, 3.63) is 63.6 Å². The highest BCUT2D eigenvalue weighted by Crippen LogP contribution is 2.28. The lowest BCUT2D eigenvalue weighted by molar-refractivity contribution is 0.0746. The second kappa shape index (κ2) is 6.75. The van der Waals surface area contributed by atoms with Gasteiger partial charge in [0.1, 0.15) is 0 Å². The van der Waals surface area contributed by atoms with Crippen LogP contribution in [0.25, 0.3) is 0 Å². The molecule has 0 aromatic heterocycles. The van der Waals surface area contributed by atoms with Gasteiger partial charge < -0.3 is 9.80 Å². The maximum absolute atomic E-state index is 12.6. The summed E-state index contributed by atoms with van der Waals surface area (Å²) in [5.74, 6) is 0.135. The normalized spacial score (nSPS) is 14.9. The molecule has 0 radical (unpaired) electrons. The fourth-order valence-corrected chi connectivity index (χ4v) is 3.72. The average molecular weight is 373 g/mol. The van der Waals surface area contributed by atoms with E-state index < -0.39 is 0 Å². The van der Waals surface area contributed by atoms with Gasteiger partial charge in [-0.3, -0.25) is 4.79 Å². The first kappa shape index (κ1) is 16.1. The Kier molecular flexibility index (Phi) is 4.71. The fourth-order valence-electron chi connectivity index (χ4n) is 2.98. The van der Waals surface area contributed by atoms with Gasteiger partial charge in [0.05, 0.1) is 5.69 Å². The van der Waals surface area contributed by atoms with Gasteiger partial charge >= 0.3 is 0 Å². The van der Waals surface area contributed by atoms with Crippen molar-refractivity contribution in [2.75, 3.05) is 31.1 Å². The summed E-state index contributed by atoms with van der Waals surface area (Å²) < 4.78 is 1.12. The number of aryl methyl sites for hydroxylation is 2. The number of benzene rings is 2. The smallest absolute Gasteiger partial charge is 0.253 e. The lowest BCUT2D eigenvalue weighted by Crippen LogP contribution is -2.48. The maximum atomic E-state index is 12.6. The van der Waals surface area contributed by atoms with Crippen molar-refractivity contribution < 1.29 is 4.79 Å². The van der Waals surface area contributed by atoms with Crippen molar-refractivity contribution in [1.29, 1.82) is 0 Å². The quantitative estimate of drug-likeness (QED) is 0.794. The van der Waals surface area contributed by atoms with E-state index in [-0.39, 0.29) is 5.91 Å². The second-order valence-electron chi connectivity index (χ2n) is 6.10. The molecule has 4 heteroatoms. The van der Waals surface area contributed by atoms with Crippen molar-refractivity contribution in [2.45, 2.75) is 13.8 Å². The van der Waals surface area contributed by atoms with Crippen molar-refractivity contribution >= 4 is 27.5 Å². The number of carbonyl (C=O) groups excluding carboxylic acids is 1. The highest BCUT2D eigenvalue weighted by molar-refractivity contribution is 9.10. The molecule has 0 N–H and O–H groups in total. The van der Waals surface area contributed by atoms with Gasteiger partial charge in [0, 0.05) is 36.2 Å². The Hall–Kier alpha value is -1.81. The fraction of sp³-hybridized carbons (Fsp3) is 0.316. The Labute approximate surface area is 146 Å². The molecule has 1 saturated heterocycles. The van der Waals surface area contributed by atoms with Crippen LogP contribution in [0.5, 0.6) is 0 Å². The minimum atomic E-state index is 0.135. The summed E-state index contributed by atoms with van der Waals surface area (Å²) in [5, 5.41) is 0. The van der Waals surface area contributed by atoms with Gasteiger partial charge in [-0.25, -0.2) is 0 Å². The van der Waals surface area contributed by atoms with Gasteiger partial charge in [-0.2, -0.15) is 0 Å². The van der Waals surface area contributed by atoms with Crippen molar-refractivity contribution in [1.82, 2.24) is 4.90 Å². The molecule has 1 aliphatic heterocycles. The number of hydrogen-bond donors (Lipinski definition) is 0.